The van der Waals surface area contributed by atoms with E-state index < -0.39 is 23.3 Å². The van der Waals surface area contributed by atoms with Gasteiger partial charge in [-0.05, 0) is 91.4 Å². The molecule has 1 nitrogen and oxygen atoms in total. The van der Waals surface area contributed by atoms with Gasteiger partial charge in [-0.1, -0.05) is 82.7 Å². The summed E-state index contributed by atoms with van der Waals surface area (Å²) >= 11 is 0. The molecular formula is C33H44F4O. The fourth-order valence-corrected chi connectivity index (χ4v) is 6.47. The molecule has 0 amide bonds. The van der Waals surface area contributed by atoms with Gasteiger partial charge in [-0.25, -0.2) is 8.78 Å². The highest BCUT2D eigenvalue weighted by Crippen LogP contribution is 2.40. The topological polar surface area (TPSA) is 9.23 Å². The van der Waals surface area contributed by atoms with Gasteiger partial charge in [0.15, 0.2) is 11.6 Å². The molecule has 210 valence electrons. The first-order valence-corrected chi connectivity index (χ1v) is 14.9. The lowest BCUT2D eigenvalue weighted by molar-refractivity contribution is -0.249. The number of alkyl halides is 2. The van der Waals surface area contributed by atoms with Crippen molar-refractivity contribution in [3.63, 3.8) is 0 Å². The van der Waals surface area contributed by atoms with Crippen molar-refractivity contribution in [3.8, 4) is 0 Å². The summed E-state index contributed by atoms with van der Waals surface area (Å²) in [4.78, 5) is 0. The van der Waals surface area contributed by atoms with Crippen molar-refractivity contribution in [1.29, 1.82) is 0 Å². The van der Waals surface area contributed by atoms with Crippen molar-refractivity contribution in [1.82, 2.24) is 0 Å². The van der Waals surface area contributed by atoms with Crippen LogP contribution in [-0.4, -0.2) is 6.61 Å². The smallest absolute Gasteiger partial charge is 0.316 e. The molecule has 2 fully saturated rings. The predicted molar refractivity (Wildman–Crippen MR) is 146 cm³/mol. The van der Waals surface area contributed by atoms with Gasteiger partial charge >= 0.3 is 6.11 Å². The van der Waals surface area contributed by atoms with Gasteiger partial charge in [0.1, 0.15) is 0 Å². The molecule has 0 aromatic heterocycles. The highest BCUT2D eigenvalue weighted by atomic mass is 19.3. The van der Waals surface area contributed by atoms with E-state index in [4.69, 9.17) is 4.74 Å². The van der Waals surface area contributed by atoms with Gasteiger partial charge in [0, 0.05) is 0 Å². The molecule has 2 aromatic carbocycles. The second-order valence-electron chi connectivity index (χ2n) is 11.9. The quantitative estimate of drug-likeness (QED) is 0.207. The van der Waals surface area contributed by atoms with Crippen molar-refractivity contribution >= 4 is 0 Å². The molecule has 2 aliphatic carbocycles. The number of benzene rings is 2. The van der Waals surface area contributed by atoms with E-state index in [1.54, 1.807) is 0 Å². The Morgan fingerprint density at radius 2 is 1.45 bits per heavy atom. The minimum atomic E-state index is -3.89. The van der Waals surface area contributed by atoms with Crippen LogP contribution in [0.1, 0.15) is 125 Å². The largest absolute Gasteiger partial charge is 0.386 e. The van der Waals surface area contributed by atoms with Crippen molar-refractivity contribution in [3.05, 3.63) is 70.3 Å². The second-order valence-corrected chi connectivity index (χ2v) is 11.9. The number of unbranched alkanes of at least 4 members (excludes halogenated alkanes) is 2. The Kier molecular flexibility index (Phi) is 10.3. The Hall–Kier alpha value is -1.88. The molecular weight excluding hydrogens is 488 g/mol. The highest BCUT2D eigenvalue weighted by Gasteiger charge is 2.38. The summed E-state index contributed by atoms with van der Waals surface area (Å²) in [6, 6.07) is 10.5. The summed E-state index contributed by atoms with van der Waals surface area (Å²) < 4.78 is 63.8. The lowest BCUT2D eigenvalue weighted by atomic mass is 9.77. The van der Waals surface area contributed by atoms with Gasteiger partial charge in [0.25, 0.3) is 0 Å². The van der Waals surface area contributed by atoms with E-state index in [-0.39, 0.29) is 24.5 Å². The van der Waals surface area contributed by atoms with Gasteiger partial charge in [-0.3, -0.25) is 0 Å². The van der Waals surface area contributed by atoms with Gasteiger partial charge in [0.05, 0.1) is 12.2 Å². The van der Waals surface area contributed by atoms with Crippen LogP contribution in [0.2, 0.25) is 0 Å². The third-order valence-corrected chi connectivity index (χ3v) is 9.07. The average molecular weight is 533 g/mol. The van der Waals surface area contributed by atoms with Crippen LogP contribution in [0, 0.1) is 23.5 Å². The summed E-state index contributed by atoms with van der Waals surface area (Å²) in [7, 11) is 0. The third-order valence-electron chi connectivity index (χ3n) is 9.07. The maximum absolute atomic E-state index is 14.8. The predicted octanol–water partition coefficient (Wildman–Crippen LogP) is 10.4. The molecule has 0 N–H and O–H groups in total. The Bertz CT molecular complexity index is 1000. The normalized spacial score (nSPS) is 24.5. The van der Waals surface area contributed by atoms with E-state index >= 15 is 0 Å². The summed E-state index contributed by atoms with van der Waals surface area (Å²) in [6.07, 6.45) is 10.1. The van der Waals surface area contributed by atoms with Crippen LogP contribution in [0.5, 0.6) is 0 Å². The van der Waals surface area contributed by atoms with Gasteiger partial charge in [-0.2, -0.15) is 8.78 Å². The van der Waals surface area contributed by atoms with Crippen LogP contribution >= 0.6 is 0 Å². The van der Waals surface area contributed by atoms with Crippen LogP contribution in [0.15, 0.2) is 36.4 Å². The lowest BCUT2D eigenvalue weighted by Gasteiger charge is -2.29. The fourth-order valence-electron chi connectivity index (χ4n) is 6.47. The minimum Gasteiger partial charge on any atom is -0.316 e. The molecule has 0 spiro atoms. The molecule has 2 saturated carbocycles. The first kappa shape index (κ1) is 29.1. The molecule has 0 bridgehead atoms. The Morgan fingerprint density at radius 1 is 0.789 bits per heavy atom. The first-order chi connectivity index (χ1) is 18.3. The molecule has 2 aliphatic rings. The number of hydrogen-bond acceptors (Lipinski definition) is 1. The molecule has 0 atom stereocenters. The zero-order valence-corrected chi connectivity index (χ0v) is 23.1. The van der Waals surface area contributed by atoms with Crippen LogP contribution in [0.3, 0.4) is 0 Å². The lowest BCUT2D eigenvalue weighted by Crippen LogP contribution is -2.23. The number of halogens is 4. The molecule has 0 radical (unpaired) electrons. The average Bonchev–Trinajstić information content (AvgIpc) is 2.91. The number of rotatable bonds is 11. The molecule has 38 heavy (non-hydrogen) atoms. The van der Waals surface area contributed by atoms with Crippen molar-refractivity contribution in [2.24, 2.45) is 11.8 Å². The van der Waals surface area contributed by atoms with Crippen LogP contribution in [-0.2, 0) is 17.3 Å². The molecule has 5 heteroatoms. The van der Waals surface area contributed by atoms with E-state index in [9.17, 15) is 17.6 Å². The zero-order valence-electron chi connectivity index (χ0n) is 23.1. The van der Waals surface area contributed by atoms with E-state index in [0.29, 0.717) is 11.8 Å². The van der Waals surface area contributed by atoms with E-state index in [2.05, 4.69) is 26.0 Å². The highest BCUT2D eigenvalue weighted by molar-refractivity contribution is 5.31. The molecule has 2 aromatic rings. The van der Waals surface area contributed by atoms with Gasteiger partial charge < -0.3 is 4.74 Å². The monoisotopic (exact) mass is 532 g/mol. The zero-order chi connectivity index (χ0) is 27.1. The van der Waals surface area contributed by atoms with Crippen LogP contribution in [0.25, 0.3) is 0 Å². The number of hydrogen-bond donors (Lipinski definition) is 0. The van der Waals surface area contributed by atoms with Crippen molar-refractivity contribution in [2.45, 2.75) is 115 Å². The van der Waals surface area contributed by atoms with Crippen LogP contribution in [0.4, 0.5) is 17.6 Å². The van der Waals surface area contributed by atoms with E-state index in [0.717, 1.165) is 43.2 Å². The first-order valence-electron chi connectivity index (χ1n) is 14.9. The third kappa shape index (κ3) is 7.40. The summed E-state index contributed by atoms with van der Waals surface area (Å²) in [5.41, 5.74) is 1.39. The second kappa shape index (κ2) is 13.5. The standard InChI is InChI=1S/C33H44F4O/c1-3-4-5-6-24-9-15-26(16-10-24)27-17-11-25(12-18-27)21-22-38-33(36,37)30-20-19-29(31(34)32(30)35)28-13-7-23(2)8-14-28/h11-12,17-20,23-24,26,28H,3-10,13-16,21-22H2,1-2H3/t23-,24-,26-,28-. The summed E-state index contributed by atoms with van der Waals surface area (Å²) in [6.45, 7) is 4.11. The Morgan fingerprint density at radius 3 is 2.11 bits per heavy atom. The van der Waals surface area contributed by atoms with E-state index in [1.807, 2.05) is 12.1 Å². The minimum absolute atomic E-state index is 0.118. The van der Waals surface area contributed by atoms with E-state index in [1.165, 1.54) is 63.0 Å². The fraction of sp³-hybridized carbons (Fsp3) is 0.636. The SMILES string of the molecule is CCCCC[C@H]1CC[C@H](c2ccc(CCOC(F)(F)c3ccc([C@H]4CC[C@H](C)CC4)c(F)c3F)cc2)CC1. The Labute approximate surface area is 226 Å². The van der Waals surface area contributed by atoms with Crippen LogP contribution < -0.4 is 0 Å². The van der Waals surface area contributed by atoms with Gasteiger partial charge in [0.2, 0.25) is 0 Å². The molecule has 0 aliphatic heterocycles. The molecule has 0 unspecified atom stereocenters. The van der Waals surface area contributed by atoms with Gasteiger partial charge in [-0.15, -0.1) is 0 Å². The Balaban J connectivity index is 1.27. The summed E-state index contributed by atoms with van der Waals surface area (Å²) in [5, 5.41) is 0. The number of ether oxygens (including phenoxy) is 1. The molecule has 0 saturated heterocycles. The maximum atomic E-state index is 14.8. The molecule has 4 rings (SSSR count). The maximum Gasteiger partial charge on any atom is 0.386 e. The summed E-state index contributed by atoms with van der Waals surface area (Å²) in [5.74, 6) is -0.765. The van der Waals surface area contributed by atoms with Crippen molar-refractivity contribution < 1.29 is 22.3 Å². The van der Waals surface area contributed by atoms with Crippen molar-refractivity contribution in [2.75, 3.05) is 6.61 Å². The molecule has 0 heterocycles.